The van der Waals surface area contributed by atoms with Crippen LogP contribution in [0.3, 0.4) is 0 Å². The molecule has 0 aliphatic carbocycles. The molecule has 4 nitrogen and oxygen atoms in total. The molecular formula is C16H27N3O. The number of nitrogens with two attached hydrogens (primary N) is 1. The minimum absolute atomic E-state index is 0.0625. The van der Waals surface area contributed by atoms with Crippen molar-refractivity contribution in [3.63, 3.8) is 0 Å². The van der Waals surface area contributed by atoms with Gasteiger partial charge in [-0.15, -0.1) is 0 Å². The van der Waals surface area contributed by atoms with Crippen LogP contribution in [0.4, 0.5) is 0 Å². The van der Waals surface area contributed by atoms with Crippen LogP contribution < -0.4 is 11.1 Å². The molecule has 0 saturated carbocycles. The molecule has 0 radical (unpaired) electrons. The van der Waals surface area contributed by atoms with Crippen molar-refractivity contribution in [2.24, 2.45) is 5.73 Å². The Morgan fingerprint density at radius 3 is 2.60 bits per heavy atom. The zero-order valence-electron chi connectivity index (χ0n) is 12.9. The normalized spacial score (nSPS) is 14.1. The minimum Gasteiger partial charge on any atom is -0.353 e. The van der Waals surface area contributed by atoms with Crippen LogP contribution in [0.15, 0.2) is 30.3 Å². The van der Waals surface area contributed by atoms with Crippen molar-refractivity contribution in [3.8, 4) is 0 Å². The number of nitrogens with zero attached hydrogens (tertiary/aromatic N) is 1. The summed E-state index contributed by atoms with van der Waals surface area (Å²) in [5, 5.41) is 2.92. The highest BCUT2D eigenvalue weighted by Crippen LogP contribution is 2.08. The average Bonchev–Trinajstić information content (AvgIpc) is 2.39. The lowest BCUT2D eigenvalue weighted by Crippen LogP contribution is -2.52. The van der Waals surface area contributed by atoms with Crippen LogP contribution in [-0.4, -0.2) is 36.5 Å². The lowest BCUT2D eigenvalue weighted by atomic mass is 9.97. The van der Waals surface area contributed by atoms with Gasteiger partial charge in [-0.05, 0) is 26.0 Å². The maximum Gasteiger partial charge on any atom is 0.239 e. The molecule has 0 aromatic heterocycles. The van der Waals surface area contributed by atoms with E-state index in [2.05, 4.69) is 22.3 Å². The molecule has 1 rings (SSSR count). The molecular weight excluding hydrogens is 250 g/mol. The van der Waals surface area contributed by atoms with E-state index in [9.17, 15) is 4.79 Å². The van der Waals surface area contributed by atoms with Gasteiger partial charge < -0.3 is 16.0 Å². The van der Waals surface area contributed by atoms with Gasteiger partial charge in [0.2, 0.25) is 5.91 Å². The van der Waals surface area contributed by atoms with E-state index in [0.29, 0.717) is 13.0 Å². The number of hydrogen-bond acceptors (Lipinski definition) is 3. The van der Waals surface area contributed by atoms with Crippen LogP contribution in [0, 0.1) is 0 Å². The van der Waals surface area contributed by atoms with Gasteiger partial charge in [0.1, 0.15) is 0 Å². The van der Waals surface area contributed by atoms with Crippen molar-refractivity contribution in [2.75, 3.05) is 20.1 Å². The molecule has 1 aromatic rings. The van der Waals surface area contributed by atoms with E-state index in [-0.39, 0.29) is 5.91 Å². The smallest absolute Gasteiger partial charge is 0.239 e. The average molecular weight is 277 g/mol. The van der Waals surface area contributed by atoms with Crippen molar-refractivity contribution in [1.82, 2.24) is 10.2 Å². The van der Waals surface area contributed by atoms with Crippen molar-refractivity contribution < 1.29 is 4.79 Å². The van der Waals surface area contributed by atoms with Gasteiger partial charge in [0.05, 0.1) is 5.54 Å². The fourth-order valence-electron chi connectivity index (χ4n) is 2.17. The first-order chi connectivity index (χ1) is 9.45. The molecule has 1 amide bonds. The van der Waals surface area contributed by atoms with E-state index in [0.717, 1.165) is 19.5 Å². The summed E-state index contributed by atoms with van der Waals surface area (Å²) in [6.45, 7) is 6.14. The highest BCUT2D eigenvalue weighted by atomic mass is 16.2. The summed E-state index contributed by atoms with van der Waals surface area (Å²) in [7, 11) is 2.05. The number of carbonyl (C=O) groups excluding carboxylic acids is 1. The molecule has 0 heterocycles. The molecule has 0 saturated heterocycles. The summed E-state index contributed by atoms with van der Waals surface area (Å²) >= 11 is 0. The van der Waals surface area contributed by atoms with Gasteiger partial charge in [-0.25, -0.2) is 0 Å². The largest absolute Gasteiger partial charge is 0.353 e. The van der Waals surface area contributed by atoms with Gasteiger partial charge in [-0.2, -0.15) is 0 Å². The van der Waals surface area contributed by atoms with Crippen LogP contribution in [0.25, 0.3) is 0 Å². The number of nitrogens with one attached hydrogen (secondary N) is 1. The van der Waals surface area contributed by atoms with Gasteiger partial charge >= 0.3 is 0 Å². The third kappa shape index (κ3) is 5.72. The monoisotopic (exact) mass is 277 g/mol. The van der Waals surface area contributed by atoms with Crippen LogP contribution in [0.2, 0.25) is 0 Å². The summed E-state index contributed by atoms with van der Waals surface area (Å²) in [5.41, 5.74) is 6.50. The van der Waals surface area contributed by atoms with Crippen LogP contribution in [-0.2, 0) is 11.3 Å². The molecule has 112 valence electrons. The number of amides is 1. The maximum atomic E-state index is 11.9. The topological polar surface area (TPSA) is 58.4 Å². The molecule has 0 bridgehead atoms. The Labute approximate surface area is 122 Å². The van der Waals surface area contributed by atoms with Gasteiger partial charge in [0.25, 0.3) is 0 Å². The predicted octanol–water partition coefficient (Wildman–Crippen LogP) is 1.75. The standard InChI is InChI=1S/C16H27N3O/c1-4-10-16(2,17)15(20)18-11-12-19(3)13-14-8-6-5-7-9-14/h5-9H,4,10-13,17H2,1-3H3,(H,18,20). The number of likely N-dealkylation sites (N-methyl/N-ethyl adjacent to an activating group) is 1. The number of rotatable bonds is 8. The lowest BCUT2D eigenvalue weighted by molar-refractivity contribution is -0.126. The minimum atomic E-state index is -0.757. The zero-order valence-corrected chi connectivity index (χ0v) is 12.9. The second-order valence-electron chi connectivity index (χ2n) is 5.65. The van der Waals surface area contributed by atoms with E-state index in [1.807, 2.05) is 32.2 Å². The number of benzene rings is 1. The molecule has 0 aliphatic rings. The molecule has 1 atom stereocenters. The van der Waals surface area contributed by atoms with E-state index in [1.54, 1.807) is 6.92 Å². The summed E-state index contributed by atoms with van der Waals surface area (Å²) < 4.78 is 0. The van der Waals surface area contributed by atoms with Gasteiger partial charge in [-0.1, -0.05) is 43.7 Å². The molecule has 4 heteroatoms. The SMILES string of the molecule is CCCC(C)(N)C(=O)NCCN(C)Cc1ccccc1. The first-order valence-corrected chi connectivity index (χ1v) is 7.25. The van der Waals surface area contributed by atoms with Gasteiger partial charge in [-0.3, -0.25) is 4.79 Å². The van der Waals surface area contributed by atoms with Crippen molar-refractivity contribution >= 4 is 5.91 Å². The van der Waals surface area contributed by atoms with Crippen LogP contribution in [0.5, 0.6) is 0 Å². The van der Waals surface area contributed by atoms with Gasteiger partial charge in [0, 0.05) is 19.6 Å². The Morgan fingerprint density at radius 2 is 2.00 bits per heavy atom. The quantitative estimate of drug-likeness (QED) is 0.761. The fourth-order valence-corrected chi connectivity index (χ4v) is 2.17. The third-order valence-corrected chi connectivity index (χ3v) is 3.36. The molecule has 3 N–H and O–H groups in total. The number of carbonyl (C=O) groups is 1. The fraction of sp³-hybridized carbons (Fsp3) is 0.562. The zero-order chi connectivity index (χ0) is 15.0. The van der Waals surface area contributed by atoms with E-state index in [1.165, 1.54) is 5.56 Å². The maximum absolute atomic E-state index is 11.9. The molecule has 1 unspecified atom stereocenters. The van der Waals surface area contributed by atoms with Crippen LogP contribution >= 0.6 is 0 Å². The Balaban J connectivity index is 2.28. The third-order valence-electron chi connectivity index (χ3n) is 3.36. The van der Waals surface area contributed by atoms with Gasteiger partial charge in [0.15, 0.2) is 0 Å². The molecule has 0 aliphatic heterocycles. The first kappa shape index (κ1) is 16.7. The second kappa shape index (κ2) is 8.02. The first-order valence-electron chi connectivity index (χ1n) is 7.25. The summed E-state index contributed by atoms with van der Waals surface area (Å²) in [5.74, 6) is -0.0625. The highest BCUT2D eigenvalue weighted by Gasteiger charge is 2.26. The predicted molar refractivity (Wildman–Crippen MR) is 83.3 cm³/mol. The molecule has 0 spiro atoms. The second-order valence-corrected chi connectivity index (χ2v) is 5.65. The molecule has 1 aromatic carbocycles. The Bertz CT molecular complexity index is 403. The number of hydrogen-bond donors (Lipinski definition) is 2. The molecule has 0 fully saturated rings. The summed E-state index contributed by atoms with van der Waals surface area (Å²) in [4.78, 5) is 14.1. The van der Waals surface area contributed by atoms with Crippen molar-refractivity contribution in [3.05, 3.63) is 35.9 Å². The van der Waals surface area contributed by atoms with Crippen molar-refractivity contribution in [1.29, 1.82) is 0 Å². The Hall–Kier alpha value is -1.39. The van der Waals surface area contributed by atoms with E-state index >= 15 is 0 Å². The van der Waals surface area contributed by atoms with E-state index in [4.69, 9.17) is 5.73 Å². The summed E-state index contributed by atoms with van der Waals surface area (Å²) in [6, 6.07) is 10.3. The Kier molecular flexibility index (Phi) is 6.68. The van der Waals surface area contributed by atoms with Crippen LogP contribution in [0.1, 0.15) is 32.3 Å². The van der Waals surface area contributed by atoms with Crippen molar-refractivity contribution in [2.45, 2.75) is 38.8 Å². The molecule has 20 heavy (non-hydrogen) atoms. The van der Waals surface area contributed by atoms with E-state index < -0.39 is 5.54 Å². The highest BCUT2D eigenvalue weighted by molar-refractivity contribution is 5.85. The lowest BCUT2D eigenvalue weighted by Gasteiger charge is -2.24. The summed E-state index contributed by atoms with van der Waals surface area (Å²) in [6.07, 6.45) is 1.62. The Morgan fingerprint density at radius 1 is 1.35 bits per heavy atom.